The molecular weight excluding hydrogens is 526 g/mol. The van der Waals surface area contributed by atoms with Gasteiger partial charge in [0.1, 0.15) is 11.3 Å². The van der Waals surface area contributed by atoms with Crippen molar-refractivity contribution in [3.8, 4) is 11.4 Å². The number of fused-ring (bicyclic) bond motifs is 12. The lowest BCUT2D eigenvalue weighted by Gasteiger charge is -2.11. The van der Waals surface area contributed by atoms with Crippen molar-refractivity contribution in [2.24, 2.45) is 0 Å². The van der Waals surface area contributed by atoms with Crippen LogP contribution in [0, 0.1) is 0 Å². The van der Waals surface area contributed by atoms with Crippen LogP contribution in [-0.4, -0.2) is 23.5 Å². The lowest BCUT2D eigenvalue weighted by atomic mass is 10.0. The zero-order valence-corrected chi connectivity index (χ0v) is 23.0. The molecule has 0 amide bonds. The summed E-state index contributed by atoms with van der Waals surface area (Å²) < 4.78 is 6.90. The molecule has 5 aromatic heterocycles. The molecular formula is C38H23N5. The summed E-state index contributed by atoms with van der Waals surface area (Å²) in [5, 5.41) is 8.31. The van der Waals surface area contributed by atoms with E-state index in [9.17, 15) is 0 Å². The van der Waals surface area contributed by atoms with Crippen molar-refractivity contribution in [1.82, 2.24) is 23.5 Å². The second-order valence-electron chi connectivity index (χ2n) is 11.2. The monoisotopic (exact) mass is 549 g/mol. The fourth-order valence-corrected chi connectivity index (χ4v) is 7.11. The average Bonchev–Trinajstić information content (AvgIpc) is 3.77. The summed E-state index contributed by atoms with van der Waals surface area (Å²) >= 11 is 0. The van der Waals surface area contributed by atoms with Crippen molar-refractivity contribution in [3.63, 3.8) is 0 Å². The summed E-state index contributed by atoms with van der Waals surface area (Å²) in [5.41, 5.74) is 8.85. The number of aromatic nitrogens is 5. The van der Waals surface area contributed by atoms with Crippen LogP contribution in [0.15, 0.2) is 140 Å². The molecule has 5 aromatic carbocycles. The number of imidazole rings is 1. The molecule has 0 aliphatic rings. The molecule has 0 atom stereocenters. The van der Waals surface area contributed by atoms with E-state index in [0.717, 1.165) is 44.3 Å². The van der Waals surface area contributed by atoms with Gasteiger partial charge in [0.25, 0.3) is 0 Å². The highest BCUT2D eigenvalue weighted by Crippen LogP contribution is 2.42. The van der Waals surface area contributed by atoms with E-state index in [1.54, 1.807) is 0 Å². The first-order valence-electron chi connectivity index (χ1n) is 14.5. The van der Waals surface area contributed by atoms with Gasteiger partial charge < -0.3 is 9.13 Å². The van der Waals surface area contributed by atoms with Crippen molar-refractivity contribution < 1.29 is 0 Å². The van der Waals surface area contributed by atoms with Crippen LogP contribution in [-0.2, 0) is 0 Å². The second kappa shape index (κ2) is 8.30. The van der Waals surface area contributed by atoms with E-state index in [-0.39, 0.29) is 0 Å². The topological polar surface area (TPSA) is 40.0 Å². The van der Waals surface area contributed by atoms with Gasteiger partial charge in [0, 0.05) is 62.3 Å². The predicted octanol–water partition coefficient (Wildman–Crippen LogP) is 9.23. The van der Waals surface area contributed by atoms with Crippen LogP contribution in [0.25, 0.3) is 82.4 Å². The second-order valence-corrected chi connectivity index (χ2v) is 11.2. The fraction of sp³-hybridized carbons (Fsp3) is 0. The Kier molecular flexibility index (Phi) is 4.39. The Bertz CT molecular complexity index is 2710. The Morgan fingerprint density at radius 1 is 0.372 bits per heavy atom. The van der Waals surface area contributed by atoms with Gasteiger partial charge in [-0.3, -0.25) is 4.40 Å². The first-order valence-corrected chi connectivity index (χ1v) is 14.5. The van der Waals surface area contributed by atoms with E-state index in [1.807, 2.05) is 24.7 Å². The largest absolute Gasteiger partial charge is 0.309 e. The third kappa shape index (κ3) is 3.00. The molecule has 10 aromatic rings. The molecule has 43 heavy (non-hydrogen) atoms. The zero-order valence-electron chi connectivity index (χ0n) is 23.0. The van der Waals surface area contributed by atoms with Gasteiger partial charge in [0.2, 0.25) is 0 Å². The first kappa shape index (κ1) is 22.7. The molecule has 5 nitrogen and oxygen atoms in total. The van der Waals surface area contributed by atoms with E-state index in [4.69, 9.17) is 9.97 Å². The summed E-state index contributed by atoms with van der Waals surface area (Å²) in [5.74, 6) is 0. The van der Waals surface area contributed by atoms with E-state index < -0.39 is 0 Å². The maximum Gasteiger partial charge on any atom is 0.146 e. The molecule has 200 valence electrons. The molecule has 0 fully saturated rings. The van der Waals surface area contributed by atoms with Gasteiger partial charge in [-0.05, 0) is 72.1 Å². The van der Waals surface area contributed by atoms with Gasteiger partial charge in [-0.25, -0.2) is 9.97 Å². The van der Waals surface area contributed by atoms with Crippen molar-refractivity contribution in [2.45, 2.75) is 0 Å². The summed E-state index contributed by atoms with van der Waals surface area (Å²) in [7, 11) is 0. The van der Waals surface area contributed by atoms with Gasteiger partial charge in [0.15, 0.2) is 0 Å². The number of nitrogens with zero attached hydrogens (tertiary/aromatic N) is 5. The molecule has 0 N–H and O–H groups in total. The minimum absolute atomic E-state index is 0.915. The minimum atomic E-state index is 0.915. The molecule has 5 heteroatoms. The number of para-hydroxylation sites is 3. The summed E-state index contributed by atoms with van der Waals surface area (Å²) in [6.45, 7) is 0. The fourth-order valence-electron chi connectivity index (χ4n) is 7.11. The van der Waals surface area contributed by atoms with Gasteiger partial charge >= 0.3 is 0 Å². The molecule has 10 rings (SSSR count). The summed E-state index contributed by atoms with van der Waals surface area (Å²) in [6.07, 6.45) is 5.72. The van der Waals surface area contributed by atoms with Crippen LogP contribution in [0.4, 0.5) is 0 Å². The van der Waals surface area contributed by atoms with Crippen LogP contribution in [0.2, 0.25) is 0 Å². The van der Waals surface area contributed by atoms with E-state index >= 15 is 0 Å². The van der Waals surface area contributed by atoms with Crippen LogP contribution in [0.5, 0.6) is 0 Å². The number of benzene rings is 5. The number of hydrogen-bond donors (Lipinski definition) is 0. The molecule has 0 radical (unpaired) electrons. The van der Waals surface area contributed by atoms with Crippen molar-refractivity contribution in [2.75, 3.05) is 0 Å². The molecule has 0 unspecified atom stereocenters. The lowest BCUT2D eigenvalue weighted by molar-refractivity contribution is 1.16. The predicted molar refractivity (Wildman–Crippen MR) is 177 cm³/mol. The molecule has 0 spiro atoms. The van der Waals surface area contributed by atoms with Gasteiger partial charge in [-0.2, -0.15) is 0 Å². The molecule has 0 aliphatic heterocycles. The molecule has 0 bridgehead atoms. The highest BCUT2D eigenvalue weighted by atomic mass is 15.0. The molecule has 5 heterocycles. The van der Waals surface area contributed by atoms with E-state index in [2.05, 4.69) is 129 Å². The third-order valence-electron chi connectivity index (χ3n) is 8.91. The number of pyridine rings is 2. The smallest absolute Gasteiger partial charge is 0.146 e. The molecule has 0 aliphatic carbocycles. The van der Waals surface area contributed by atoms with Crippen LogP contribution >= 0.6 is 0 Å². The Morgan fingerprint density at radius 3 is 1.70 bits per heavy atom. The Labute approximate surface area is 245 Å². The van der Waals surface area contributed by atoms with Gasteiger partial charge in [-0.15, -0.1) is 0 Å². The standard InChI is InChI=1S/C38H23N5/c1-3-10-24(11-4-1)42-33-16-8-7-14-26(33)29-20-30-31-21-32-28(27-15-9-17-39-37(27)41-19-18-40-38(32)41)22-34(31)43(36(30)23-35(29)42)25-12-5-2-6-13-25/h1-23H. The Balaban J connectivity index is 1.45. The van der Waals surface area contributed by atoms with Gasteiger partial charge in [-0.1, -0.05) is 54.6 Å². The lowest BCUT2D eigenvalue weighted by Crippen LogP contribution is -1.96. The Morgan fingerprint density at radius 2 is 0.930 bits per heavy atom. The van der Waals surface area contributed by atoms with Crippen molar-refractivity contribution in [1.29, 1.82) is 0 Å². The van der Waals surface area contributed by atoms with Crippen molar-refractivity contribution in [3.05, 3.63) is 140 Å². The van der Waals surface area contributed by atoms with E-state index in [1.165, 1.54) is 38.1 Å². The molecule has 0 saturated heterocycles. The average molecular weight is 550 g/mol. The minimum Gasteiger partial charge on any atom is -0.309 e. The van der Waals surface area contributed by atoms with Crippen LogP contribution in [0.3, 0.4) is 0 Å². The van der Waals surface area contributed by atoms with Crippen molar-refractivity contribution >= 4 is 71.1 Å². The van der Waals surface area contributed by atoms with Gasteiger partial charge in [0.05, 0.1) is 22.1 Å². The number of hydrogen-bond acceptors (Lipinski definition) is 2. The zero-order chi connectivity index (χ0) is 28.1. The SMILES string of the molecule is c1ccc(-n2c3ccccc3c3cc4c5cc6c(cc5n(-c5ccccc5)c4cc32)c2cccnc2n2ccnc62)cc1. The van der Waals surface area contributed by atoms with Crippen LogP contribution in [0.1, 0.15) is 0 Å². The first-order chi connectivity index (χ1) is 21.3. The third-order valence-corrected chi connectivity index (χ3v) is 8.91. The van der Waals surface area contributed by atoms with E-state index in [0.29, 0.717) is 0 Å². The normalized spacial score (nSPS) is 12.2. The maximum atomic E-state index is 4.79. The summed E-state index contributed by atoms with van der Waals surface area (Å²) in [6, 6.07) is 43.7. The summed E-state index contributed by atoms with van der Waals surface area (Å²) in [4.78, 5) is 9.54. The quantitative estimate of drug-likeness (QED) is 0.202. The maximum absolute atomic E-state index is 4.79. The highest BCUT2D eigenvalue weighted by Gasteiger charge is 2.20. The Hall–Kier alpha value is -5.94. The number of rotatable bonds is 2. The molecule has 0 saturated carbocycles. The highest BCUT2D eigenvalue weighted by molar-refractivity contribution is 6.23. The van der Waals surface area contributed by atoms with Crippen LogP contribution < -0.4 is 0 Å².